The number of benzene rings is 20. The summed E-state index contributed by atoms with van der Waals surface area (Å²) in [6.07, 6.45) is 0. The Morgan fingerprint density at radius 1 is 0.204 bits per heavy atom. The van der Waals surface area contributed by atoms with Crippen LogP contribution in [0.1, 0.15) is 128 Å². The molecule has 4 aliphatic heterocycles. The lowest BCUT2D eigenvalue weighted by atomic mass is 9.30. The minimum Gasteiger partial charge on any atom is -0.311 e. The fourth-order valence-corrected chi connectivity index (χ4v) is 25.2. The molecule has 20 aromatic carbocycles. The molecule has 1 aromatic heterocycles. The molecule has 27 rings (SSSR count). The lowest BCUT2D eigenvalue weighted by Crippen LogP contribution is -2.65. The molecule has 0 fully saturated rings. The normalized spacial score (nSPS) is 13.9. The zero-order valence-corrected chi connectivity index (χ0v) is 82.4. The van der Waals surface area contributed by atoms with Gasteiger partial charge in [0, 0.05) is 89.6 Å². The second-order valence-electron chi connectivity index (χ2n) is 44.2. The first kappa shape index (κ1) is 85.0. The highest BCUT2D eigenvalue weighted by atomic mass is 15.2. The van der Waals surface area contributed by atoms with Gasteiger partial charge in [-0.25, -0.2) is 0 Å². The Morgan fingerprint density at radius 2 is 0.570 bits per heavy atom. The second-order valence-corrected chi connectivity index (χ2v) is 44.2. The van der Waals surface area contributed by atoms with Gasteiger partial charge >= 0.3 is 0 Å². The van der Waals surface area contributed by atoms with E-state index in [1.54, 1.807) is 0 Å². The number of anilines is 12. The smallest absolute Gasteiger partial charge is 0.252 e. The number of rotatable bonds is 10. The predicted molar refractivity (Wildman–Crippen MR) is 605 cm³/mol. The molecule has 0 unspecified atom stereocenters. The Balaban J connectivity index is 0.809. The van der Waals surface area contributed by atoms with Gasteiger partial charge in [-0.2, -0.15) is 0 Å². The van der Waals surface area contributed by atoms with E-state index in [0.29, 0.717) is 0 Å². The van der Waals surface area contributed by atoms with E-state index < -0.39 is 5.41 Å². The number of para-hydroxylation sites is 4. The highest BCUT2D eigenvalue weighted by Gasteiger charge is 2.55. The van der Waals surface area contributed by atoms with Crippen LogP contribution in [0.5, 0.6) is 0 Å². The number of nitrogens with zero attached hydrogens (tertiary/aromatic N) is 5. The van der Waals surface area contributed by atoms with Crippen LogP contribution in [0.2, 0.25) is 0 Å². The Hall–Kier alpha value is -16.2. The topological polar surface area (TPSA) is 17.9 Å². The van der Waals surface area contributed by atoms with Crippen molar-refractivity contribution in [3.63, 3.8) is 0 Å². The number of fused-ring (bicyclic) bond motifs is 23. The maximum atomic E-state index is 2.81. The van der Waals surface area contributed by atoms with Crippen LogP contribution in [0.3, 0.4) is 0 Å². The predicted octanol–water partition coefficient (Wildman–Crippen LogP) is 32.0. The summed E-state index contributed by atoms with van der Waals surface area (Å²) < 4.78 is 2.64. The zero-order valence-electron chi connectivity index (χ0n) is 82.4. The third-order valence-electron chi connectivity index (χ3n) is 31.9. The first-order chi connectivity index (χ1) is 69.0. The van der Waals surface area contributed by atoms with E-state index in [9.17, 15) is 0 Å². The highest BCUT2D eigenvalue weighted by molar-refractivity contribution is 7.03. The van der Waals surface area contributed by atoms with Crippen LogP contribution >= 0.6 is 0 Å². The summed E-state index contributed by atoms with van der Waals surface area (Å²) >= 11 is 0. The van der Waals surface area contributed by atoms with Gasteiger partial charge in [-0.05, 0) is 275 Å². The average molecular weight is 1820 g/mol. The molecule has 0 radical (unpaired) electrons. The molecule has 0 amide bonds. The largest absolute Gasteiger partial charge is 0.311 e. The van der Waals surface area contributed by atoms with Crippen molar-refractivity contribution in [2.24, 2.45) is 0 Å². The molecule has 1 spiro atoms. The molecule has 0 atom stereocenters. The average Bonchev–Trinajstić information content (AvgIpc) is 1.38. The van der Waals surface area contributed by atoms with E-state index in [2.05, 4.69) is 538 Å². The fourth-order valence-electron chi connectivity index (χ4n) is 25.2. The summed E-state index contributed by atoms with van der Waals surface area (Å²) in [5.74, 6) is 0. The third-order valence-corrected chi connectivity index (χ3v) is 31.9. The highest BCUT2D eigenvalue weighted by Crippen LogP contribution is 2.66. The van der Waals surface area contributed by atoms with Crippen molar-refractivity contribution < 1.29 is 0 Å². The van der Waals surface area contributed by atoms with E-state index in [1.807, 2.05) is 0 Å². The van der Waals surface area contributed by atoms with Gasteiger partial charge < -0.3 is 24.2 Å². The lowest BCUT2D eigenvalue weighted by Gasteiger charge is -2.48. The molecular formula is C135H107B2N5. The Labute approximate surface area is 834 Å². The van der Waals surface area contributed by atoms with E-state index in [1.165, 1.54) is 133 Å². The van der Waals surface area contributed by atoms with Crippen LogP contribution in [-0.4, -0.2) is 18.0 Å². The number of hydrogen-bond donors (Lipinski definition) is 0. The zero-order chi connectivity index (χ0) is 95.9. The van der Waals surface area contributed by atoms with Gasteiger partial charge in [0.15, 0.2) is 0 Å². The van der Waals surface area contributed by atoms with Gasteiger partial charge in [0.1, 0.15) is 0 Å². The van der Waals surface area contributed by atoms with Gasteiger partial charge in [-0.3, -0.25) is 0 Å². The van der Waals surface area contributed by atoms with Crippen molar-refractivity contribution in [1.29, 1.82) is 0 Å². The molecular weight excluding hydrogens is 1710 g/mol. The molecule has 142 heavy (non-hydrogen) atoms. The standard InChI is InChI=1S/C135H107B2N5/c1-131(2,3)90-67-70-116-107(74-90)108-75-91(132(4,5)6)68-71-117(108)139(116)96-80-123-126-124(81-96)142(129-105(86-46-23-15-24-47-86)78-93(134(10,11)12)79-106(129)87-48-25-16-26-49-87)121-83-120-114(82-115(121)136(126)113-63-38-40-65-119(113)141(123)128-103(84-42-19-13-20-43-84)76-92(133(7,8)9)77-104(128)85-44-21-14-22-45-85)137-112-62-37-39-64-118(112)140(95-52-29-18-30-53-95)130-98-69-66-88(72-89(98)73-122(127(130)137)138(120)94-50-27-17-28-51-94)97-57-41-58-102-101-56-33-36-61-111(101)135(125(97)102)109-59-34-31-54-99(109)100-55-32-35-60-110(100)135/h13-83H,1-12H3. The Kier molecular flexibility index (Phi) is 18.8. The molecule has 0 bridgehead atoms. The summed E-state index contributed by atoms with van der Waals surface area (Å²) in [4.78, 5) is 10.9. The van der Waals surface area contributed by atoms with Crippen LogP contribution in [0.25, 0.3) is 116 Å². The summed E-state index contributed by atoms with van der Waals surface area (Å²) in [6.45, 7) is 27.8. The fraction of sp³-hybridized carbons (Fsp3) is 0.126. The first-order valence-electron chi connectivity index (χ1n) is 50.6. The first-order valence-corrected chi connectivity index (χ1v) is 50.6. The van der Waals surface area contributed by atoms with Gasteiger partial charge in [0.05, 0.1) is 39.2 Å². The summed E-state index contributed by atoms with van der Waals surface area (Å²) in [5, 5.41) is 4.79. The van der Waals surface area contributed by atoms with E-state index in [4.69, 9.17) is 0 Å². The molecule has 678 valence electrons. The summed E-state index contributed by atoms with van der Waals surface area (Å²) in [5.41, 5.74) is 49.8. The Morgan fingerprint density at radius 3 is 1.03 bits per heavy atom. The SMILES string of the molecule is CC(C)(C)c1cc(-c2ccccc2)c(N2c3ccccc3B3c4cc5c(cc4N(c4c(-c6ccccc6)cc(C(C)(C)C)cc4-c4ccccc4)c4cc(-n6c7ccc(C(C)(C)C)cc7c7cc(C(C)(C)C)ccc76)cc2c43)N(c2ccccc2)c2cc3cc(-c4cccc6c4C4(c7ccccc7-c7ccccc74)c4ccccc4-6)ccc3c3c2B5c2ccccc2N3c2ccccc2)c(-c2ccccc2)c1. The van der Waals surface area contributed by atoms with Gasteiger partial charge in [-0.1, -0.05) is 399 Å². The monoisotopic (exact) mass is 1820 g/mol. The van der Waals surface area contributed by atoms with E-state index in [0.717, 1.165) is 129 Å². The minimum atomic E-state index is -0.580. The van der Waals surface area contributed by atoms with Crippen LogP contribution in [0.4, 0.5) is 68.2 Å². The number of hydrogen-bond acceptors (Lipinski definition) is 4. The van der Waals surface area contributed by atoms with Crippen LogP contribution in [0.15, 0.2) is 431 Å². The number of aromatic nitrogens is 1. The molecule has 0 N–H and O–H groups in total. The van der Waals surface area contributed by atoms with Crippen molar-refractivity contribution in [3.05, 3.63) is 475 Å². The molecule has 2 aliphatic carbocycles. The van der Waals surface area contributed by atoms with Gasteiger partial charge in [-0.15, -0.1) is 0 Å². The maximum absolute atomic E-state index is 2.81. The minimum absolute atomic E-state index is 0.139. The van der Waals surface area contributed by atoms with Gasteiger partial charge in [0.25, 0.3) is 13.4 Å². The molecule has 6 aliphatic rings. The maximum Gasteiger partial charge on any atom is 0.252 e. The molecule has 5 heterocycles. The van der Waals surface area contributed by atoms with Crippen molar-refractivity contribution in [1.82, 2.24) is 4.57 Å². The molecule has 7 heteroatoms. The summed E-state index contributed by atoms with van der Waals surface area (Å²) in [6, 6.07) is 167. The van der Waals surface area contributed by atoms with Crippen LogP contribution < -0.4 is 52.4 Å². The Bertz CT molecular complexity index is 8580. The molecule has 0 saturated carbocycles. The molecule has 0 saturated heterocycles. The van der Waals surface area contributed by atoms with Crippen LogP contribution in [-0.2, 0) is 27.1 Å². The van der Waals surface area contributed by atoms with E-state index in [-0.39, 0.29) is 35.1 Å². The van der Waals surface area contributed by atoms with Crippen molar-refractivity contribution in [2.75, 3.05) is 19.6 Å². The van der Waals surface area contributed by atoms with Crippen LogP contribution in [0, 0.1) is 0 Å². The molecule has 5 nitrogen and oxygen atoms in total. The quantitative estimate of drug-likeness (QED) is 0.127. The van der Waals surface area contributed by atoms with E-state index >= 15 is 0 Å². The van der Waals surface area contributed by atoms with Gasteiger partial charge in [0.2, 0.25) is 0 Å². The summed E-state index contributed by atoms with van der Waals surface area (Å²) in [7, 11) is 0. The van der Waals surface area contributed by atoms with Crippen molar-refractivity contribution in [2.45, 2.75) is 110 Å². The third kappa shape index (κ3) is 12.7. The molecule has 21 aromatic rings. The second kappa shape index (κ2) is 31.4. The lowest BCUT2D eigenvalue weighted by molar-refractivity contribution is 0.590. The van der Waals surface area contributed by atoms with Crippen molar-refractivity contribution in [3.8, 4) is 83.6 Å². The van der Waals surface area contributed by atoms with Crippen molar-refractivity contribution >= 4 is 147 Å².